The van der Waals surface area contributed by atoms with Crippen molar-refractivity contribution in [1.29, 1.82) is 0 Å². The van der Waals surface area contributed by atoms with Crippen molar-refractivity contribution in [2.75, 3.05) is 58.1 Å². The van der Waals surface area contributed by atoms with Gasteiger partial charge in [0.25, 0.3) is 5.91 Å². The normalized spacial score (nSPS) is 22.4. The Labute approximate surface area is 334 Å². The fourth-order valence-electron chi connectivity index (χ4n) is 7.90. The average molecular weight is 795 g/mol. The van der Waals surface area contributed by atoms with E-state index in [1.165, 1.54) is 5.01 Å². The molecule has 6 rings (SSSR count). The first-order valence-corrected chi connectivity index (χ1v) is 20.1. The van der Waals surface area contributed by atoms with Gasteiger partial charge in [0.15, 0.2) is 6.61 Å². The number of rotatable bonds is 8. The summed E-state index contributed by atoms with van der Waals surface area (Å²) in [6.45, 7) is 16.1. The first-order valence-electron chi connectivity index (χ1n) is 20.1. The lowest BCUT2D eigenvalue weighted by Gasteiger charge is -2.37. The highest BCUT2D eigenvalue weighted by molar-refractivity contribution is 5.95. The number of nitrogens with zero attached hydrogens (tertiary/aromatic N) is 5. The minimum Gasteiger partial charge on any atom is -0.490 e. The number of benzene rings is 1. The molecule has 0 unspecified atom stereocenters. The Balaban J connectivity index is 1.48. The van der Waals surface area contributed by atoms with Gasteiger partial charge in [0, 0.05) is 73.7 Å². The Morgan fingerprint density at radius 1 is 1.23 bits per heavy atom. The van der Waals surface area contributed by atoms with Crippen LogP contribution in [0.5, 0.6) is 5.75 Å². The van der Waals surface area contributed by atoms with Crippen LogP contribution in [0.25, 0.3) is 22.2 Å². The number of aromatic nitrogens is 2. The first-order chi connectivity index (χ1) is 27.1. The zero-order valence-electron chi connectivity index (χ0n) is 34.6. The van der Waals surface area contributed by atoms with Crippen LogP contribution in [-0.4, -0.2) is 114 Å². The van der Waals surface area contributed by atoms with Gasteiger partial charge in [-0.1, -0.05) is 13.8 Å². The number of ether oxygens (including phenoxy) is 4. The molecule has 57 heavy (non-hydrogen) atoms. The predicted octanol–water partition coefficient (Wildman–Crippen LogP) is 5.04. The lowest BCUT2D eigenvalue weighted by Crippen LogP contribution is -2.61. The summed E-state index contributed by atoms with van der Waals surface area (Å²) in [5, 5.41) is 14.8. The van der Waals surface area contributed by atoms with Crippen LogP contribution in [0.3, 0.4) is 0 Å². The molecule has 2 saturated heterocycles. The molecule has 0 saturated carbocycles. The van der Waals surface area contributed by atoms with E-state index < -0.39 is 35.4 Å². The molecule has 16 heteroatoms. The summed E-state index contributed by atoms with van der Waals surface area (Å²) in [4.78, 5) is 54.5. The van der Waals surface area contributed by atoms with Crippen LogP contribution in [0.4, 0.5) is 10.5 Å². The number of anilines is 1. The second-order valence-corrected chi connectivity index (χ2v) is 16.9. The fourth-order valence-corrected chi connectivity index (χ4v) is 7.90. The Kier molecular flexibility index (Phi) is 13.0. The van der Waals surface area contributed by atoms with E-state index in [1.54, 1.807) is 34.1 Å². The molecule has 2 fully saturated rings. The number of aliphatic hydroxyl groups is 1. The van der Waals surface area contributed by atoms with Crippen LogP contribution < -0.4 is 20.4 Å². The molecule has 4 atom stereocenters. The minimum absolute atomic E-state index is 0.0910. The summed E-state index contributed by atoms with van der Waals surface area (Å²) in [5.74, 6) is 0.145. The molecule has 3 N–H and O–H groups in total. The monoisotopic (exact) mass is 794 g/mol. The predicted molar refractivity (Wildman–Crippen MR) is 214 cm³/mol. The maximum absolute atomic E-state index is 14.1. The summed E-state index contributed by atoms with van der Waals surface area (Å²) in [6.07, 6.45) is 1.12. The molecular weight excluding hydrogens is 734 g/mol. The Morgan fingerprint density at radius 3 is 2.74 bits per heavy atom. The molecule has 2 aromatic heterocycles. The van der Waals surface area contributed by atoms with Gasteiger partial charge < -0.3 is 38.8 Å². The maximum Gasteiger partial charge on any atom is 0.408 e. The van der Waals surface area contributed by atoms with Gasteiger partial charge in [-0.3, -0.25) is 14.8 Å². The van der Waals surface area contributed by atoms with Gasteiger partial charge in [-0.25, -0.2) is 9.63 Å². The Morgan fingerprint density at radius 2 is 2.02 bits per heavy atom. The SMILES string of the molecule is CCn1c(-c2cc(OCCO)cnc2[C@H](C)OC)c2c3cc(ccc31)N1CCO[C@@H](C[C@H](NC(=O)OC(C)(C)C)C(=O)N3CCC[C@H](N3)[N+](=O)OCC(C)(C)C2)C1. The number of aryl methyl sites for hydroxylation is 1. The van der Waals surface area contributed by atoms with Crippen molar-refractivity contribution in [2.45, 2.75) is 111 Å². The second kappa shape index (κ2) is 17.5. The maximum atomic E-state index is 14.1. The third kappa shape index (κ3) is 9.79. The molecule has 6 bridgehead atoms. The zero-order chi connectivity index (χ0) is 41.1. The highest BCUT2D eigenvalue weighted by Gasteiger charge is 2.41. The van der Waals surface area contributed by atoms with Crippen LogP contribution in [0.15, 0.2) is 30.5 Å². The number of methoxy groups -OCH3 is 1. The summed E-state index contributed by atoms with van der Waals surface area (Å²) >= 11 is 0. The van der Waals surface area contributed by atoms with Crippen molar-refractivity contribution in [1.82, 2.24) is 25.3 Å². The molecule has 5 heterocycles. The third-order valence-corrected chi connectivity index (χ3v) is 10.6. The molecule has 312 valence electrons. The highest BCUT2D eigenvalue weighted by Crippen LogP contribution is 2.43. The smallest absolute Gasteiger partial charge is 0.408 e. The lowest BCUT2D eigenvalue weighted by atomic mass is 9.84. The summed E-state index contributed by atoms with van der Waals surface area (Å²) in [5.41, 5.74) is 7.40. The lowest BCUT2D eigenvalue weighted by molar-refractivity contribution is -0.835. The molecule has 0 radical (unpaired) electrons. The number of carbonyl (C=O) groups excluding carboxylic acids is 2. The van der Waals surface area contributed by atoms with Crippen molar-refractivity contribution < 1.29 is 43.4 Å². The molecular formula is C41H60N7O9+. The number of hydrogen-bond acceptors (Lipinski definition) is 12. The standard InChI is InChI=1S/C41H59N7O9/c1-9-46-34-13-12-27-19-30(34)32(37(46)31-20-28(55-18-16-49)23-42-36(31)26(2)53-8)22-41(6,7)25-56-48(52)35-11-10-14-47(44-35)38(50)33(43-39(51)57-40(3,4)5)21-29-24-45(27)15-17-54-29/h12-13,19-20,23,26,29,33,35,44,49H,9-11,14-18,21-22,24-25H2,1-8H3/p+1/t26-,29-,33-,35+/m0/s1. The van der Waals surface area contributed by atoms with Gasteiger partial charge in [0.2, 0.25) is 4.92 Å². The van der Waals surface area contributed by atoms with Gasteiger partial charge in [-0.2, -0.15) is 5.43 Å². The van der Waals surface area contributed by atoms with Crippen LogP contribution in [-0.2, 0) is 36.8 Å². The van der Waals surface area contributed by atoms with E-state index in [9.17, 15) is 19.6 Å². The van der Waals surface area contributed by atoms with Crippen molar-refractivity contribution in [3.63, 3.8) is 0 Å². The molecule has 0 spiro atoms. The molecule has 3 aliphatic rings. The highest BCUT2D eigenvalue weighted by atomic mass is 16.8. The zero-order valence-corrected chi connectivity index (χ0v) is 34.6. The average Bonchev–Trinajstić information content (AvgIpc) is 3.48. The van der Waals surface area contributed by atoms with Crippen molar-refractivity contribution >= 4 is 28.6 Å². The molecule has 3 aromatic rings. The van der Waals surface area contributed by atoms with Crippen LogP contribution >= 0.6 is 0 Å². The number of fused-ring (bicyclic) bond motifs is 6. The largest absolute Gasteiger partial charge is 0.490 e. The molecule has 2 amide bonds. The van der Waals surface area contributed by atoms with Crippen molar-refractivity contribution in [2.24, 2.45) is 5.41 Å². The van der Waals surface area contributed by atoms with E-state index in [4.69, 9.17) is 28.8 Å². The van der Waals surface area contributed by atoms with Crippen LogP contribution in [0, 0.1) is 10.3 Å². The number of carbonyl (C=O) groups is 2. The summed E-state index contributed by atoms with van der Waals surface area (Å²) in [6, 6.07) is 7.45. The number of aliphatic hydroxyl groups excluding tert-OH is 1. The number of hydrazine groups is 1. The van der Waals surface area contributed by atoms with E-state index in [2.05, 4.69) is 59.2 Å². The van der Waals surface area contributed by atoms with E-state index >= 15 is 0 Å². The molecule has 3 aliphatic heterocycles. The summed E-state index contributed by atoms with van der Waals surface area (Å²) in [7, 11) is 1.66. The Hall–Kier alpha value is -4.51. The van der Waals surface area contributed by atoms with Crippen molar-refractivity contribution in [3.8, 4) is 17.0 Å². The van der Waals surface area contributed by atoms with Crippen molar-refractivity contribution in [3.05, 3.63) is 46.6 Å². The van der Waals surface area contributed by atoms with E-state index in [0.29, 0.717) is 62.7 Å². The van der Waals surface area contributed by atoms with E-state index in [0.717, 1.165) is 39.1 Å². The fraction of sp³-hybridized carbons (Fsp3) is 0.634. The quantitative estimate of drug-likeness (QED) is 0.279. The van der Waals surface area contributed by atoms with Gasteiger partial charge in [-0.15, -0.1) is 0 Å². The van der Waals surface area contributed by atoms with Gasteiger partial charge >= 0.3 is 12.3 Å². The first kappa shape index (κ1) is 42.1. The third-order valence-electron chi connectivity index (χ3n) is 10.6. The van der Waals surface area contributed by atoms with Gasteiger partial charge in [-0.05, 0) is 77.3 Å². The number of morpholine rings is 1. The molecule has 16 nitrogen and oxygen atoms in total. The van der Waals surface area contributed by atoms with E-state index in [-0.39, 0.29) is 38.3 Å². The summed E-state index contributed by atoms with van der Waals surface area (Å²) < 4.78 is 25.8. The number of pyridine rings is 1. The number of amides is 2. The number of alkyl carbamates (subject to hydrolysis) is 1. The minimum atomic E-state index is -0.987. The van der Waals surface area contributed by atoms with Gasteiger partial charge in [0.1, 0.15) is 24.0 Å². The van der Waals surface area contributed by atoms with Gasteiger partial charge in [0.05, 0.1) is 47.9 Å². The van der Waals surface area contributed by atoms with E-state index in [1.807, 2.05) is 13.0 Å². The molecule has 1 aromatic carbocycles. The Bertz CT molecular complexity index is 1930. The van der Waals surface area contributed by atoms with Crippen LogP contribution in [0.1, 0.15) is 85.1 Å². The second-order valence-electron chi connectivity index (χ2n) is 16.9. The van der Waals surface area contributed by atoms with Crippen LogP contribution in [0.2, 0.25) is 0 Å². The molecule has 0 aliphatic carbocycles. The number of hydrogen-bond donors (Lipinski definition) is 3. The number of nitrogens with one attached hydrogen (secondary N) is 2. The topological polar surface area (TPSA) is 169 Å².